The molecule has 0 saturated heterocycles. The lowest BCUT2D eigenvalue weighted by Gasteiger charge is -2.56. The van der Waals surface area contributed by atoms with E-state index in [2.05, 4.69) is 29.5 Å². The van der Waals surface area contributed by atoms with Gasteiger partial charge in [0.15, 0.2) is 0 Å². The number of fused-ring (bicyclic) bond motifs is 1. The third kappa shape index (κ3) is 4.11. The van der Waals surface area contributed by atoms with E-state index in [4.69, 9.17) is 0 Å². The van der Waals surface area contributed by atoms with Crippen LogP contribution in [0, 0.1) is 29.1 Å². The number of carbonyl (C=O) groups excluding carboxylic acids is 2. The van der Waals surface area contributed by atoms with Crippen LogP contribution in [0.5, 0.6) is 0 Å². The maximum Gasteiger partial charge on any atom is 0.270 e. The molecule has 1 unspecified atom stereocenters. The molecular formula is C24H35N3O3. The van der Waals surface area contributed by atoms with Crippen molar-refractivity contribution < 1.29 is 14.7 Å². The highest BCUT2D eigenvalue weighted by molar-refractivity contribution is 5.92. The lowest BCUT2D eigenvalue weighted by Crippen LogP contribution is -2.58. The van der Waals surface area contributed by atoms with E-state index in [-0.39, 0.29) is 46.9 Å². The van der Waals surface area contributed by atoms with E-state index in [1.165, 1.54) is 0 Å². The number of aromatic nitrogens is 1. The quantitative estimate of drug-likeness (QED) is 0.692. The van der Waals surface area contributed by atoms with Crippen molar-refractivity contribution in [1.82, 2.24) is 15.6 Å². The molecule has 0 aromatic carbocycles. The fraction of sp³-hybridized carbons (Fsp3) is 0.708. The van der Waals surface area contributed by atoms with E-state index in [0.717, 1.165) is 38.5 Å². The van der Waals surface area contributed by atoms with Crippen LogP contribution in [0.2, 0.25) is 0 Å². The lowest BCUT2D eigenvalue weighted by atomic mass is 9.51. The first-order valence-corrected chi connectivity index (χ1v) is 11.5. The molecule has 164 valence electrons. The fourth-order valence-electron chi connectivity index (χ4n) is 5.99. The van der Waals surface area contributed by atoms with Gasteiger partial charge in [0.1, 0.15) is 5.69 Å². The number of hydrogen-bond donors (Lipinski definition) is 3. The zero-order valence-electron chi connectivity index (χ0n) is 18.3. The van der Waals surface area contributed by atoms with Crippen molar-refractivity contribution in [2.24, 2.45) is 29.1 Å². The highest BCUT2D eigenvalue weighted by Crippen LogP contribution is 2.55. The van der Waals surface area contributed by atoms with E-state index < -0.39 is 6.10 Å². The Morgan fingerprint density at radius 3 is 2.57 bits per heavy atom. The van der Waals surface area contributed by atoms with Gasteiger partial charge in [0, 0.05) is 24.2 Å². The van der Waals surface area contributed by atoms with Crippen LogP contribution in [-0.4, -0.2) is 40.1 Å². The molecule has 0 bridgehead atoms. The fourth-order valence-corrected chi connectivity index (χ4v) is 5.99. The van der Waals surface area contributed by atoms with Gasteiger partial charge in [-0.15, -0.1) is 0 Å². The van der Waals surface area contributed by atoms with Gasteiger partial charge in [0.25, 0.3) is 5.91 Å². The van der Waals surface area contributed by atoms with Crippen LogP contribution in [0.15, 0.2) is 24.4 Å². The van der Waals surface area contributed by atoms with E-state index in [0.29, 0.717) is 11.7 Å². The van der Waals surface area contributed by atoms with E-state index in [1.807, 2.05) is 13.0 Å². The third-order valence-corrected chi connectivity index (χ3v) is 8.08. The van der Waals surface area contributed by atoms with Crippen LogP contribution in [0.4, 0.5) is 0 Å². The standard InChI is InChI=1S/C24H35N3O3/c1-14(22(29)26-16-7-8-16)17-9-11-24(3)12-10-18(15(2)20(24)21(17)28)27-23(30)19-6-4-5-13-25-19/h4-6,13-18,20-21,28H,7-12H2,1-3H3,(H,26,29)(H,27,30)/t14-,15+,17?,18-,20+,21-,24-/m0/s1. The Balaban J connectivity index is 1.46. The highest BCUT2D eigenvalue weighted by Gasteiger charge is 2.54. The van der Waals surface area contributed by atoms with Crippen LogP contribution in [0.1, 0.15) is 69.8 Å². The summed E-state index contributed by atoms with van der Waals surface area (Å²) in [5, 5.41) is 17.7. The van der Waals surface area contributed by atoms with Crippen LogP contribution in [-0.2, 0) is 4.79 Å². The Bertz CT molecular complexity index is 781. The molecule has 6 heteroatoms. The average Bonchev–Trinajstić information content (AvgIpc) is 3.54. The molecular weight excluding hydrogens is 378 g/mol. The van der Waals surface area contributed by atoms with Crippen molar-refractivity contribution in [1.29, 1.82) is 0 Å². The van der Waals surface area contributed by atoms with Gasteiger partial charge in [-0.25, -0.2) is 0 Å². The first kappa shape index (κ1) is 21.3. The third-order valence-electron chi connectivity index (χ3n) is 8.08. The molecule has 3 saturated carbocycles. The number of aliphatic hydroxyl groups is 1. The maximum absolute atomic E-state index is 12.7. The number of carbonyl (C=O) groups is 2. The second kappa shape index (κ2) is 8.29. The summed E-state index contributed by atoms with van der Waals surface area (Å²) >= 11 is 0. The molecule has 0 radical (unpaired) electrons. The summed E-state index contributed by atoms with van der Waals surface area (Å²) in [4.78, 5) is 29.5. The van der Waals surface area contributed by atoms with Crippen molar-refractivity contribution in [2.75, 3.05) is 0 Å². The lowest BCUT2D eigenvalue weighted by molar-refractivity contribution is -0.142. The van der Waals surface area contributed by atoms with Crippen molar-refractivity contribution in [3.63, 3.8) is 0 Å². The minimum absolute atomic E-state index is 0.00146. The molecule has 2 amide bonds. The molecule has 0 aliphatic heterocycles. The Morgan fingerprint density at radius 2 is 1.90 bits per heavy atom. The number of hydrogen-bond acceptors (Lipinski definition) is 4. The number of pyridine rings is 1. The largest absolute Gasteiger partial charge is 0.392 e. The van der Waals surface area contributed by atoms with E-state index >= 15 is 0 Å². The van der Waals surface area contributed by atoms with Gasteiger partial charge in [0.2, 0.25) is 5.91 Å². The Hall–Kier alpha value is -1.95. The summed E-state index contributed by atoms with van der Waals surface area (Å²) in [7, 11) is 0. The second-order valence-electron chi connectivity index (χ2n) is 10.1. The van der Waals surface area contributed by atoms with Gasteiger partial charge in [-0.1, -0.05) is 26.8 Å². The molecule has 3 N–H and O–H groups in total. The summed E-state index contributed by atoms with van der Waals surface area (Å²) in [5.41, 5.74) is 0.472. The minimum Gasteiger partial charge on any atom is -0.392 e. The van der Waals surface area contributed by atoms with Gasteiger partial charge in [-0.05, 0) is 73.8 Å². The first-order valence-electron chi connectivity index (χ1n) is 11.5. The normalized spacial score (nSPS) is 37.0. The van der Waals surface area contributed by atoms with E-state index in [1.54, 1.807) is 18.3 Å². The van der Waals surface area contributed by atoms with Crippen LogP contribution >= 0.6 is 0 Å². The molecule has 7 atom stereocenters. The summed E-state index contributed by atoms with van der Waals surface area (Å²) in [6.45, 7) is 6.38. The van der Waals surface area contributed by atoms with Crippen LogP contribution in [0.25, 0.3) is 0 Å². The van der Waals surface area contributed by atoms with Crippen LogP contribution in [0.3, 0.4) is 0 Å². The number of rotatable bonds is 5. The van der Waals surface area contributed by atoms with Gasteiger partial charge >= 0.3 is 0 Å². The predicted octanol–water partition coefficient (Wildman–Crippen LogP) is 2.92. The molecule has 0 spiro atoms. The van der Waals surface area contributed by atoms with Crippen molar-refractivity contribution >= 4 is 11.8 Å². The van der Waals surface area contributed by atoms with E-state index in [9.17, 15) is 14.7 Å². The number of nitrogens with zero attached hydrogens (tertiary/aromatic N) is 1. The first-order chi connectivity index (χ1) is 14.3. The topological polar surface area (TPSA) is 91.3 Å². The van der Waals surface area contributed by atoms with Crippen molar-refractivity contribution in [3.05, 3.63) is 30.1 Å². The maximum atomic E-state index is 12.7. The molecule has 1 heterocycles. The zero-order chi connectivity index (χ0) is 21.5. The Morgan fingerprint density at radius 1 is 1.17 bits per heavy atom. The molecule has 3 aliphatic rings. The SMILES string of the molecule is C[C@H]1[C@@H]2[C@@H](O)C([C@H](C)C(=O)NC3CC3)CC[C@@]2(C)CC[C@@H]1NC(=O)c1ccccn1. The summed E-state index contributed by atoms with van der Waals surface area (Å²) in [5.74, 6) is -0.109. The summed E-state index contributed by atoms with van der Waals surface area (Å²) in [6, 6.07) is 5.67. The summed E-state index contributed by atoms with van der Waals surface area (Å²) in [6.07, 6.45) is 7.01. The predicted molar refractivity (Wildman–Crippen MR) is 115 cm³/mol. The molecule has 6 nitrogen and oxygen atoms in total. The Kier molecular flexibility index (Phi) is 5.88. The molecule has 4 rings (SSSR count). The number of aliphatic hydroxyl groups excluding tert-OH is 1. The van der Waals surface area contributed by atoms with Gasteiger partial charge in [-0.2, -0.15) is 0 Å². The number of amides is 2. The average molecular weight is 414 g/mol. The van der Waals surface area contributed by atoms with Gasteiger partial charge in [0.05, 0.1) is 6.10 Å². The van der Waals surface area contributed by atoms with Crippen molar-refractivity contribution in [3.8, 4) is 0 Å². The monoisotopic (exact) mass is 413 g/mol. The molecule has 3 fully saturated rings. The molecule has 1 aromatic rings. The Labute approximate surface area is 179 Å². The number of nitrogens with one attached hydrogen (secondary N) is 2. The molecule has 3 aliphatic carbocycles. The van der Waals surface area contributed by atoms with Gasteiger partial charge in [-0.3, -0.25) is 14.6 Å². The second-order valence-corrected chi connectivity index (χ2v) is 10.1. The van der Waals surface area contributed by atoms with Crippen LogP contribution < -0.4 is 10.6 Å². The van der Waals surface area contributed by atoms with Gasteiger partial charge < -0.3 is 15.7 Å². The summed E-state index contributed by atoms with van der Waals surface area (Å²) < 4.78 is 0. The smallest absolute Gasteiger partial charge is 0.270 e. The minimum atomic E-state index is -0.534. The zero-order valence-corrected chi connectivity index (χ0v) is 18.3. The molecule has 30 heavy (non-hydrogen) atoms. The van der Waals surface area contributed by atoms with Crippen molar-refractivity contribution in [2.45, 2.75) is 77.5 Å². The highest BCUT2D eigenvalue weighted by atomic mass is 16.3. The molecule has 1 aromatic heterocycles.